The van der Waals surface area contributed by atoms with Crippen molar-refractivity contribution in [2.45, 2.75) is 22.8 Å². The average Bonchev–Trinajstić information content (AvgIpc) is 3.24. The molecule has 0 atom stereocenters. The number of aromatic nitrogens is 1. The van der Waals surface area contributed by atoms with Gasteiger partial charge in [0, 0.05) is 44.8 Å². The summed E-state index contributed by atoms with van der Waals surface area (Å²) in [6.07, 6.45) is 5.74. The molecule has 0 radical (unpaired) electrons. The molecule has 2 N–H and O–H groups in total. The first kappa shape index (κ1) is 29.7. The van der Waals surface area contributed by atoms with Crippen molar-refractivity contribution >= 4 is 64.2 Å². The molecule has 0 amide bonds. The average molecular weight is 666 g/mol. The van der Waals surface area contributed by atoms with E-state index in [1.54, 1.807) is 0 Å². The van der Waals surface area contributed by atoms with Gasteiger partial charge in [0.1, 0.15) is 0 Å². The molecule has 10 nitrogen and oxygen atoms in total. The Balaban J connectivity index is 1.64. The predicted molar refractivity (Wildman–Crippen MR) is 156 cm³/mol. The van der Waals surface area contributed by atoms with Crippen LogP contribution in [0.2, 0.25) is 5.02 Å². The van der Waals surface area contributed by atoms with Gasteiger partial charge in [0.05, 0.1) is 27.8 Å². The summed E-state index contributed by atoms with van der Waals surface area (Å²) < 4.78 is 56.9. The molecular formula is C26H22BrClN4O6S2. The van der Waals surface area contributed by atoms with E-state index in [1.807, 2.05) is 18.2 Å². The summed E-state index contributed by atoms with van der Waals surface area (Å²) in [7, 11) is -7.95. The maximum Gasteiger partial charge on any atom is 0.269 e. The zero-order valence-electron chi connectivity index (χ0n) is 20.7. The first-order valence-corrected chi connectivity index (χ1v) is 15.7. The van der Waals surface area contributed by atoms with E-state index in [4.69, 9.17) is 18.0 Å². The van der Waals surface area contributed by atoms with Crippen molar-refractivity contribution in [1.82, 2.24) is 14.0 Å². The van der Waals surface area contributed by atoms with Gasteiger partial charge in [-0.05, 0) is 66.6 Å². The van der Waals surface area contributed by atoms with Gasteiger partial charge in [-0.15, -0.1) is 6.42 Å². The van der Waals surface area contributed by atoms with Gasteiger partial charge in [-0.25, -0.2) is 21.6 Å². The highest BCUT2D eigenvalue weighted by Crippen LogP contribution is 2.29. The summed E-state index contributed by atoms with van der Waals surface area (Å²) in [5.41, 5.74) is 1.71. The Bertz CT molecular complexity index is 1820. The van der Waals surface area contributed by atoms with E-state index < -0.39 is 25.0 Å². The molecule has 208 valence electrons. The highest BCUT2D eigenvalue weighted by molar-refractivity contribution is 9.10. The van der Waals surface area contributed by atoms with Gasteiger partial charge in [0.25, 0.3) is 5.69 Å². The predicted octanol–water partition coefficient (Wildman–Crippen LogP) is 4.84. The SMILES string of the molecule is C#CCN(Cc1[nH]c2ccc(Br)cc2c1CCNS(=O)(=O)c1ccc(Cl)cc1)S(=O)(=O)c1ccc([N+](=O)[O-])cc1. The number of hydrogen-bond donors (Lipinski definition) is 2. The fourth-order valence-electron chi connectivity index (χ4n) is 4.10. The lowest BCUT2D eigenvalue weighted by molar-refractivity contribution is -0.384. The Morgan fingerprint density at radius 3 is 2.30 bits per heavy atom. The van der Waals surface area contributed by atoms with Crippen molar-refractivity contribution in [1.29, 1.82) is 0 Å². The molecule has 0 fully saturated rings. The van der Waals surface area contributed by atoms with Gasteiger partial charge in [-0.1, -0.05) is 33.5 Å². The lowest BCUT2D eigenvalue weighted by atomic mass is 10.1. The normalized spacial score (nSPS) is 12.1. The number of terminal acetylenes is 1. The molecule has 0 unspecified atom stereocenters. The standard InChI is InChI=1S/C26H22BrClN4O6S2/c1-2-15-31(40(37,38)22-10-6-20(7-11-22)32(33)34)17-26-23(24-16-18(27)3-12-25(24)30-26)13-14-29-39(35,36)21-8-4-19(28)5-9-21/h1,3-12,16,29-30H,13-15,17H2. The number of fused-ring (bicyclic) bond motifs is 1. The molecule has 0 bridgehead atoms. The first-order chi connectivity index (χ1) is 18.9. The second kappa shape index (κ2) is 12.1. The van der Waals surface area contributed by atoms with Crippen molar-refractivity contribution in [3.63, 3.8) is 0 Å². The summed E-state index contributed by atoms with van der Waals surface area (Å²) in [4.78, 5) is 13.5. The largest absolute Gasteiger partial charge is 0.357 e. The topological polar surface area (TPSA) is 142 Å². The quantitative estimate of drug-likeness (QED) is 0.133. The first-order valence-electron chi connectivity index (χ1n) is 11.6. The van der Waals surface area contributed by atoms with Crippen LogP contribution in [0.5, 0.6) is 0 Å². The molecule has 14 heteroatoms. The molecule has 3 aromatic carbocycles. The molecule has 40 heavy (non-hydrogen) atoms. The summed E-state index contributed by atoms with van der Waals surface area (Å²) in [6, 6.07) is 15.8. The van der Waals surface area contributed by atoms with Crippen molar-refractivity contribution in [2.24, 2.45) is 0 Å². The van der Waals surface area contributed by atoms with E-state index in [0.717, 1.165) is 43.9 Å². The molecule has 4 aromatic rings. The molecule has 0 aliphatic carbocycles. The monoisotopic (exact) mass is 664 g/mol. The number of H-pyrrole nitrogens is 1. The number of nitrogens with zero attached hydrogens (tertiary/aromatic N) is 2. The molecule has 0 saturated carbocycles. The van der Waals surface area contributed by atoms with Gasteiger partial charge in [-0.3, -0.25) is 10.1 Å². The minimum absolute atomic E-state index is 0.0294. The van der Waals surface area contributed by atoms with Crippen LogP contribution in [-0.4, -0.2) is 44.1 Å². The number of sulfonamides is 2. The van der Waals surface area contributed by atoms with E-state index in [2.05, 4.69) is 31.6 Å². The van der Waals surface area contributed by atoms with Crippen LogP contribution < -0.4 is 4.72 Å². The van der Waals surface area contributed by atoms with Crippen molar-refractivity contribution < 1.29 is 21.8 Å². The van der Waals surface area contributed by atoms with Crippen LogP contribution in [0.25, 0.3) is 10.9 Å². The number of rotatable bonds is 11. The molecule has 1 heterocycles. The maximum atomic E-state index is 13.5. The van der Waals surface area contributed by atoms with E-state index >= 15 is 0 Å². The molecule has 0 spiro atoms. The zero-order chi connectivity index (χ0) is 29.1. The van der Waals surface area contributed by atoms with Crippen LogP contribution in [0.4, 0.5) is 5.69 Å². The number of hydrogen-bond acceptors (Lipinski definition) is 6. The summed E-state index contributed by atoms with van der Waals surface area (Å²) in [5.74, 6) is 2.36. The number of nitro groups is 1. The van der Waals surface area contributed by atoms with Gasteiger partial charge < -0.3 is 4.98 Å². The maximum absolute atomic E-state index is 13.5. The molecule has 0 aliphatic heterocycles. The van der Waals surface area contributed by atoms with E-state index in [9.17, 15) is 26.9 Å². The fourth-order valence-corrected chi connectivity index (χ4v) is 6.94. The van der Waals surface area contributed by atoms with E-state index in [1.165, 1.54) is 24.3 Å². The third-order valence-electron chi connectivity index (χ3n) is 6.04. The lowest BCUT2D eigenvalue weighted by Crippen LogP contribution is -2.32. The number of nitro benzene ring substituents is 1. The number of non-ortho nitro benzene ring substituents is 1. The third kappa shape index (κ3) is 6.55. The number of nitrogens with one attached hydrogen (secondary N) is 2. The van der Waals surface area contributed by atoms with Crippen LogP contribution in [0.3, 0.4) is 0 Å². The zero-order valence-corrected chi connectivity index (χ0v) is 24.6. The van der Waals surface area contributed by atoms with Gasteiger partial charge in [0.15, 0.2) is 0 Å². The minimum Gasteiger partial charge on any atom is -0.357 e. The Kier molecular flexibility index (Phi) is 8.99. The second-order valence-electron chi connectivity index (χ2n) is 8.60. The lowest BCUT2D eigenvalue weighted by Gasteiger charge is -2.20. The van der Waals surface area contributed by atoms with E-state index in [0.29, 0.717) is 16.3 Å². The highest BCUT2D eigenvalue weighted by Gasteiger charge is 2.27. The summed E-state index contributed by atoms with van der Waals surface area (Å²) >= 11 is 9.31. The van der Waals surface area contributed by atoms with Gasteiger partial charge >= 0.3 is 0 Å². The van der Waals surface area contributed by atoms with Crippen LogP contribution in [0.15, 0.2) is 81.0 Å². The Hall–Kier alpha value is -3.25. The third-order valence-corrected chi connectivity index (χ3v) is 10.1. The minimum atomic E-state index is -4.13. The number of halogens is 2. The van der Waals surface area contributed by atoms with Gasteiger partial charge in [-0.2, -0.15) is 4.31 Å². The highest BCUT2D eigenvalue weighted by atomic mass is 79.9. The molecule has 4 rings (SSSR count). The Morgan fingerprint density at radius 1 is 1.02 bits per heavy atom. The van der Waals surface area contributed by atoms with Crippen molar-refractivity contribution in [3.05, 3.63) is 97.6 Å². The Labute approximate surface area is 244 Å². The van der Waals surface area contributed by atoms with Crippen molar-refractivity contribution in [3.8, 4) is 12.3 Å². The van der Waals surface area contributed by atoms with Crippen molar-refractivity contribution in [2.75, 3.05) is 13.1 Å². The smallest absolute Gasteiger partial charge is 0.269 e. The molecule has 1 aromatic heterocycles. The summed E-state index contributed by atoms with van der Waals surface area (Å²) in [6.45, 7) is -0.377. The van der Waals surface area contributed by atoms with Crippen LogP contribution in [0.1, 0.15) is 11.3 Å². The Morgan fingerprint density at radius 2 is 1.68 bits per heavy atom. The second-order valence-corrected chi connectivity index (χ2v) is 13.7. The summed E-state index contributed by atoms with van der Waals surface area (Å²) in [5, 5.41) is 12.2. The van der Waals surface area contributed by atoms with Gasteiger partial charge in [0.2, 0.25) is 20.0 Å². The molecular weight excluding hydrogens is 644 g/mol. The van der Waals surface area contributed by atoms with E-state index in [-0.39, 0.29) is 41.5 Å². The fraction of sp³-hybridized carbons (Fsp3) is 0.154. The van der Waals surface area contributed by atoms with Crippen LogP contribution in [-0.2, 0) is 33.0 Å². The van der Waals surface area contributed by atoms with Crippen LogP contribution in [0, 0.1) is 22.5 Å². The molecule has 0 saturated heterocycles. The number of aromatic amines is 1. The van der Waals surface area contributed by atoms with Crippen LogP contribution >= 0.6 is 27.5 Å². The number of benzene rings is 3. The molecule has 0 aliphatic rings.